The van der Waals surface area contributed by atoms with Gasteiger partial charge in [-0.25, -0.2) is 0 Å². The third-order valence-electron chi connectivity index (χ3n) is 7.32. The summed E-state index contributed by atoms with van der Waals surface area (Å²) < 4.78 is 10.9. The zero-order valence-electron chi connectivity index (χ0n) is 22.5. The van der Waals surface area contributed by atoms with Crippen LogP contribution in [0, 0.1) is 6.92 Å². The van der Waals surface area contributed by atoms with E-state index in [1.165, 1.54) is 0 Å². The largest absolute Gasteiger partial charge is 0.465 e. The minimum absolute atomic E-state index is 0.139. The second kappa shape index (κ2) is 11.6. The van der Waals surface area contributed by atoms with Crippen LogP contribution in [0.15, 0.2) is 89.2 Å². The first-order valence-corrected chi connectivity index (χ1v) is 13.7. The smallest absolute Gasteiger partial charge is 0.316 e. The second-order valence-corrected chi connectivity index (χ2v) is 10.5. The van der Waals surface area contributed by atoms with Gasteiger partial charge in [0.1, 0.15) is 6.10 Å². The lowest BCUT2D eigenvalue weighted by Gasteiger charge is -2.15. The summed E-state index contributed by atoms with van der Waals surface area (Å²) in [4.78, 5) is 12.4. The molecule has 4 aromatic rings. The van der Waals surface area contributed by atoms with E-state index in [9.17, 15) is 9.90 Å². The Hall–Kier alpha value is -4.07. The average Bonchev–Trinajstić information content (AvgIpc) is 3.70. The van der Waals surface area contributed by atoms with E-state index in [0.29, 0.717) is 35.2 Å². The fourth-order valence-electron chi connectivity index (χ4n) is 4.84. The SMILES string of the molecule is CCOC(=O)C1(c2ccc(-c3ccc(-c4onc(C)c4C(O)/C(N)=C/NCc4ccc(Cl)cc4)cc3)cc2)CC1. The van der Waals surface area contributed by atoms with Crippen molar-refractivity contribution in [2.45, 2.75) is 44.8 Å². The number of aliphatic hydroxyl groups is 1. The number of rotatable bonds is 10. The molecule has 0 spiro atoms. The predicted molar refractivity (Wildman–Crippen MR) is 155 cm³/mol. The minimum atomic E-state index is -1.10. The highest BCUT2D eigenvalue weighted by atomic mass is 35.5. The molecule has 1 heterocycles. The number of carbonyl (C=O) groups is 1. The summed E-state index contributed by atoms with van der Waals surface area (Å²) in [7, 11) is 0. The summed E-state index contributed by atoms with van der Waals surface area (Å²) in [6, 6.07) is 23.4. The number of aryl methyl sites for hydroxylation is 1. The van der Waals surface area contributed by atoms with Crippen molar-refractivity contribution < 1.29 is 19.2 Å². The van der Waals surface area contributed by atoms with E-state index in [2.05, 4.69) is 10.5 Å². The van der Waals surface area contributed by atoms with Gasteiger partial charge in [-0.15, -0.1) is 0 Å². The number of aliphatic hydroxyl groups excluding tert-OH is 1. The maximum atomic E-state index is 12.4. The number of nitrogens with zero attached hydrogens (tertiary/aromatic N) is 1. The van der Waals surface area contributed by atoms with Crippen LogP contribution in [0.5, 0.6) is 0 Å². The van der Waals surface area contributed by atoms with E-state index in [-0.39, 0.29) is 11.7 Å². The van der Waals surface area contributed by atoms with Crippen LogP contribution in [-0.4, -0.2) is 22.8 Å². The molecule has 0 aliphatic heterocycles. The summed E-state index contributed by atoms with van der Waals surface area (Å²) in [5.74, 6) is 0.325. The Balaban J connectivity index is 1.29. The molecule has 7 nitrogen and oxygen atoms in total. The molecule has 0 saturated heterocycles. The summed E-state index contributed by atoms with van der Waals surface area (Å²) in [5, 5.41) is 18.9. The molecule has 1 aromatic heterocycles. The van der Waals surface area contributed by atoms with Gasteiger partial charge < -0.3 is 25.4 Å². The maximum absolute atomic E-state index is 12.4. The zero-order valence-corrected chi connectivity index (χ0v) is 23.2. The maximum Gasteiger partial charge on any atom is 0.316 e. The molecule has 3 aromatic carbocycles. The fourth-order valence-corrected chi connectivity index (χ4v) is 4.97. The van der Waals surface area contributed by atoms with Crippen molar-refractivity contribution in [2.24, 2.45) is 5.73 Å². The first-order chi connectivity index (χ1) is 19.3. The first-order valence-electron chi connectivity index (χ1n) is 13.3. The van der Waals surface area contributed by atoms with Gasteiger partial charge in [-0.3, -0.25) is 4.79 Å². The summed E-state index contributed by atoms with van der Waals surface area (Å²) in [5.41, 5.74) is 11.9. The van der Waals surface area contributed by atoms with E-state index in [4.69, 9.17) is 26.6 Å². The number of esters is 1. The lowest BCUT2D eigenvalue weighted by Crippen LogP contribution is -2.23. The van der Waals surface area contributed by atoms with Gasteiger partial charge in [-0.1, -0.05) is 77.4 Å². The Bertz CT molecular complexity index is 1510. The van der Waals surface area contributed by atoms with E-state index in [1.54, 1.807) is 13.1 Å². The monoisotopic (exact) mass is 557 g/mol. The molecule has 0 radical (unpaired) electrons. The molecule has 1 aliphatic carbocycles. The molecule has 206 valence electrons. The Labute approximate surface area is 238 Å². The van der Waals surface area contributed by atoms with Gasteiger partial charge in [0.25, 0.3) is 0 Å². The zero-order chi connectivity index (χ0) is 28.3. The molecule has 1 fully saturated rings. The third-order valence-corrected chi connectivity index (χ3v) is 7.57. The minimum Gasteiger partial charge on any atom is -0.465 e. The van der Waals surface area contributed by atoms with Crippen molar-refractivity contribution >= 4 is 17.6 Å². The molecule has 4 N–H and O–H groups in total. The van der Waals surface area contributed by atoms with E-state index in [1.807, 2.05) is 79.7 Å². The standard InChI is InChI=1S/C32H32ClN3O4/c1-3-39-31(38)32(16-17-32)25-12-10-23(11-13-25)22-6-8-24(9-7-22)30-28(20(2)36-40-30)29(37)27(34)19-35-18-21-4-14-26(33)15-5-21/h4-15,19,29,35,37H,3,16-18,34H2,1-2H3/b27-19-. The molecular weight excluding hydrogens is 526 g/mol. The van der Waals surface area contributed by atoms with Gasteiger partial charge in [0.05, 0.1) is 29.0 Å². The lowest BCUT2D eigenvalue weighted by atomic mass is 9.93. The summed E-state index contributed by atoms with van der Waals surface area (Å²) in [6.07, 6.45) is 2.14. The molecule has 1 aliphatic rings. The van der Waals surface area contributed by atoms with E-state index in [0.717, 1.165) is 40.7 Å². The number of hydrogen-bond acceptors (Lipinski definition) is 7. The number of nitrogens with one attached hydrogen (secondary N) is 1. The van der Waals surface area contributed by atoms with Crippen molar-refractivity contribution in [2.75, 3.05) is 6.61 Å². The number of ether oxygens (including phenoxy) is 1. The van der Waals surface area contributed by atoms with Gasteiger partial charge in [0.2, 0.25) is 0 Å². The highest BCUT2D eigenvalue weighted by Crippen LogP contribution is 2.49. The summed E-state index contributed by atoms with van der Waals surface area (Å²) >= 11 is 5.94. The topological polar surface area (TPSA) is 111 Å². The van der Waals surface area contributed by atoms with Crippen molar-refractivity contribution in [3.8, 4) is 22.5 Å². The predicted octanol–water partition coefficient (Wildman–Crippen LogP) is 6.19. The normalized spacial score (nSPS) is 14.9. The number of hydrogen-bond donors (Lipinski definition) is 3. The number of benzene rings is 3. The van der Waals surface area contributed by atoms with Crippen molar-refractivity contribution in [1.29, 1.82) is 0 Å². The molecular formula is C32H32ClN3O4. The molecule has 0 amide bonds. The Morgan fingerprint density at radius 3 is 2.27 bits per heavy atom. The highest BCUT2D eigenvalue weighted by molar-refractivity contribution is 6.30. The molecule has 40 heavy (non-hydrogen) atoms. The number of aromatic nitrogens is 1. The van der Waals surface area contributed by atoms with Gasteiger partial charge in [-0.2, -0.15) is 0 Å². The Morgan fingerprint density at radius 2 is 1.68 bits per heavy atom. The highest BCUT2D eigenvalue weighted by Gasteiger charge is 2.52. The molecule has 8 heteroatoms. The Kier molecular flexibility index (Phi) is 7.96. The van der Waals surface area contributed by atoms with Gasteiger partial charge >= 0.3 is 5.97 Å². The van der Waals surface area contributed by atoms with Crippen LogP contribution in [0.25, 0.3) is 22.5 Å². The first kappa shape index (κ1) is 27.5. The van der Waals surface area contributed by atoms with Gasteiger partial charge in [0, 0.05) is 23.3 Å². The molecule has 0 bridgehead atoms. The summed E-state index contributed by atoms with van der Waals surface area (Å²) in [6.45, 7) is 4.53. The lowest BCUT2D eigenvalue weighted by molar-refractivity contribution is -0.146. The third kappa shape index (κ3) is 5.62. The Morgan fingerprint density at radius 1 is 1.07 bits per heavy atom. The second-order valence-electron chi connectivity index (χ2n) is 10.0. The van der Waals surface area contributed by atoms with Crippen molar-refractivity contribution in [3.05, 3.63) is 112 Å². The fraction of sp³-hybridized carbons (Fsp3) is 0.250. The number of carbonyl (C=O) groups excluding carboxylic acids is 1. The molecule has 1 unspecified atom stereocenters. The number of nitrogens with two attached hydrogens (primary N) is 1. The van der Waals surface area contributed by atoms with Crippen molar-refractivity contribution in [1.82, 2.24) is 10.5 Å². The number of halogens is 1. The van der Waals surface area contributed by atoms with Crippen LogP contribution in [0.4, 0.5) is 0 Å². The molecule has 1 saturated carbocycles. The van der Waals surface area contributed by atoms with Crippen LogP contribution in [0.3, 0.4) is 0 Å². The van der Waals surface area contributed by atoms with Crippen LogP contribution in [-0.2, 0) is 21.5 Å². The van der Waals surface area contributed by atoms with Crippen LogP contribution < -0.4 is 11.1 Å². The van der Waals surface area contributed by atoms with E-state index >= 15 is 0 Å². The molecule has 1 atom stereocenters. The van der Waals surface area contributed by atoms with Crippen molar-refractivity contribution in [3.63, 3.8) is 0 Å². The average molecular weight is 558 g/mol. The quantitative estimate of drug-likeness (QED) is 0.199. The van der Waals surface area contributed by atoms with Gasteiger partial charge in [0.15, 0.2) is 5.76 Å². The van der Waals surface area contributed by atoms with Crippen LogP contribution in [0.1, 0.15) is 48.3 Å². The molecule has 5 rings (SSSR count). The van der Waals surface area contributed by atoms with Gasteiger partial charge in [-0.05, 0) is 61.1 Å². The van der Waals surface area contributed by atoms with E-state index < -0.39 is 11.5 Å². The van der Waals surface area contributed by atoms with Crippen LogP contribution >= 0.6 is 11.6 Å². The van der Waals surface area contributed by atoms with Crippen LogP contribution in [0.2, 0.25) is 5.02 Å².